The van der Waals surface area contributed by atoms with Crippen LogP contribution in [-0.2, 0) is 4.79 Å². The highest BCUT2D eigenvalue weighted by atomic mass is 16.3. The fourth-order valence-electron chi connectivity index (χ4n) is 3.34. The molecular weight excluding hydrogens is 284 g/mol. The molecule has 0 saturated carbocycles. The first kappa shape index (κ1) is 14.7. The third-order valence-electron chi connectivity index (χ3n) is 4.54. The molecule has 2 aliphatic rings. The second-order valence-corrected chi connectivity index (χ2v) is 5.89. The monoisotopic (exact) mass is 304 g/mol. The molecule has 0 aromatic heterocycles. The average Bonchev–Trinajstić information content (AvgIpc) is 2.93. The number of rotatable bonds is 2. The Kier molecular flexibility index (Phi) is 3.92. The zero-order valence-electron chi connectivity index (χ0n) is 12.4. The molecule has 118 valence electrons. The summed E-state index contributed by atoms with van der Waals surface area (Å²) in [5.41, 5.74) is -0.0433. The number of hydrogen-bond donors (Lipinski definition) is 2. The number of benzene rings is 1. The van der Waals surface area contributed by atoms with Crippen molar-refractivity contribution in [3.05, 3.63) is 23.8 Å². The first-order valence-corrected chi connectivity index (χ1v) is 7.67. The van der Waals surface area contributed by atoms with E-state index in [1.807, 2.05) is 4.90 Å². The SMILES string of the molecule is O=C(c1c(O)cccc1O)N1CCC(N2CCCC2=O)CC1. The molecule has 0 aliphatic carbocycles. The first-order chi connectivity index (χ1) is 10.6. The van der Waals surface area contributed by atoms with Gasteiger partial charge in [0.15, 0.2) is 0 Å². The van der Waals surface area contributed by atoms with Gasteiger partial charge in [-0.1, -0.05) is 6.07 Å². The van der Waals surface area contributed by atoms with Crippen LogP contribution in [0.3, 0.4) is 0 Å². The molecule has 2 amide bonds. The van der Waals surface area contributed by atoms with E-state index in [0.717, 1.165) is 25.8 Å². The second kappa shape index (κ2) is 5.87. The number of carbonyl (C=O) groups is 2. The lowest BCUT2D eigenvalue weighted by atomic mass is 10.0. The molecule has 0 spiro atoms. The molecule has 2 saturated heterocycles. The Hall–Kier alpha value is -2.24. The minimum absolute atomic E-state index is 0.0433. The van der Waals surface area contributed by atoms with Crippen molar-refractivity contribution in [3.8, 4) is 11.5 Å². The van der Waals surface area contributed by atoms with E-state index in [9.17, 15) is 19.8 Å². The van der Waals surface area contributed by atoms with Gasteiger partial charge in [-0.25, -0.2) is 0 Å². The van der Waals surface area contributed by atoms with Crippen LogP contribution in [0.4, 0.5) is 0 Å². The number of carbonyl (C=O) groups excluding carboxylic acids is 2. The maximum atomic E-state index is 12.5. The normalized spacial score (nSPS) is 19.7. The number of phenols is 2. The van der Waals surface area contributed by atoms with Gasteiger partial charge in [-0.3, -0.25) is 9.59 Å². The van der Waals surface area contributed by atoms with Crippen molar-refractivity contribution in [1.82, 2.24) is 9.80 Å². The van der Waals surface area contributed by atoms with Crippen LogP contribution < -0.4 is 0 Å². The van der Waals surface area contributed by atoms with E-state index < -0.39 is 0 Å². The van der Waals surface area contributed by atoms with Gasteiger partial charge in [0.25, 0.3) is 5.91 Å². The van der Waals surface area contributed by atoms with E-state index in [2.05, 4.69) is 0 Å². The summed E-state index contributed by atoms with van der Waals surface area (Å²) < 4.78 is 0. The van der Waals surface area contributed by atoms with Crippen molar-refractivity contribution in [2.75, 3.05) is 19.6 Å². The maximum absolute atomic E-state index is 12.5. The Morgan fingerprint density at radius 1 is 1.09 bits per heavy atom. The lowest BCUT2D eigenvalue weighted by molar-refractivity contribution is -0.130. The molecule has 0 atom stereocenters. The molecule has 0 unspecified atom stereocenters. The smallest absolute Gasteiger partial charge is 0.261 e. The van der Waals surface area contributed by atoms with Crippen LogP contribution in [-0.4, -0.2) is 57.5 Å². The van der Waals surface area contributed by atoms with Crippen molar-refractivity contribution in [2.24, 2.45) is 0 Å². The summed E-state index contributed by atoms with van der Waals surface area (Å²) in [6, 6.07) is 4.48. The summed E-state index contributed by atoms with van der Waals surface area (Å²) in [5, 5.41) is 19.6. The number of likely N-dealkylation sites (tertiary alicyclic amines) is 2. The fraction of sp³-hybridized carbons (Fsp3) is 0.500. The van der Waals surface area contributed by atoms with E-state index >= 15 is 0 Å². The van der Waals surface area contributed by atoms with Crippen LogP contribution in [0.1, 0.15) is 36.0 Å². The van der Waals surface area contributed by atoms with Gasteiger partial charge in [-0.15, -0.1) is 0 Å². The second-order valence-electron chi connectivity index (χ2n) is 5.89. The minimum Gasteiger partial charge on any atom is -0.507 e. The predicted molar refractivity (Wildman–Crippen MR) is 79.6 cm³/mol. The number of piperidine rings is 1. The lowest BCUT2D eigenvalue weighted by Crippen LogP contribution is -2.47. The molecule has 1 aromatic rings. The van der Waals surface area contributed by atoms with Gasteiger partial charge in [0.2, 0.25) is 5.91 Å². The highest BCUT2D eigenvalue weighted by Crippen LogP contribution is 2.29. The molecule has 2 N–H and O–H groups in total. The Bertz CT molecular complexity index is 574. The third-order valence-corrected chi connectivity index (χ3v) is 4.54. The third kappa shape index (κ3) is 2.61. The minimum atomic E-state index is -0.359. The number of amides is 2. The average molecular weight is 304 g/mol. The molecule has 2 heterocycles. The van der Waals surface area contributed by atoms with Crippen LogP contribution in [0.25, 0.3) is 0 Å². The molecule has 6 nitrogen and oxygen atoms in total. The standard InChI is InChI=1S/C16H20N2O4/c19-12-3-1-4-13(20)15(12)16(22)17-9-6-11(7-10-17)18-8-2-5-14(18)21/h1,3-4,11,19-20H,2,5-10H2. The maximum Gasteiger partial charge on any atom is 0.261 e. The van der Waals surface area contributed by atoms with Crippen LogP contribution in [0.2, 0.25) is 0 Å². The number of aromatic hydroxyl groups is 2. The number of hydrogen-bond acceptors (Lipinski definition) is 4. The summed E-state index contributed by atoms with van der Waals surface area (Å²) in [6.45, 7) is 1.87. The van der Waals surface area contributed by atoms with E-state index in [1.165, 1.54) is 18.2 Å². The van der Waals surface area contributed by atoms with Gasteiger partial charge in [-0.2, -0.15) is 0 Å². The van der Waals surface area contributed by atoms with Gasteiger partial charge in [0, 0.05) is 32.1 Å². The van der Waals surface area contributed by atoms with Crippen molar-refractivity contribution >= 4 is 11.8 Å². The van der Waals surface area contributed by atoms with Crippen LogP contribution in [0.15, 0.2) is 18.2 Å². The van der Waals surface area contributed by atoms with Gasteiger partial charge >= 0.3 is 0 Å². The zero-order valence-corrected chi connectivity index (χ0v) is 12.4. The fourth-order valence-corrected chi connectivity index (χ4v) is 3.34. The molecule has 1 aromatic carbocycles. The number of phenolic OH excluding ortho intramolecular Hbond substituents is 2. The highest BCUT2D eigenvalue weighted by molar-refractivity contribution is 5.99. The zero-order chi connectivity index (χ0) is 15.7. The van der Waals surface area contributed by atoms with E-state index in [1.54, 1.807) is 4.90 Å². The summed E-state index contributed by atoms with van der Waals surface area (Å²) in [4.78, 5) is 27.8. The van der Waals surface area contributed by atoms with Gasteiger partial charge in [0.1, 0.15) is 17.1 Å². The summed E-state index contributed by atoms with van der Waals surface area (Å²) >= 11 is 0. The molecule has 2 aliphatic heterocycles. The van der Waals surface area contributed by atoms with E-state index in [-0.39, 0.29) is 34.9 Å². The molecule has 6 heteroatoms. The molecule has 2 fully saturated rings. The van der Waals surface area contributed by atoms with Crippen molar-refractivity contribution in [2.45, 2.75) is 31.7 Å². The van der Waals surface area contributed by atoms with Gasteiger partial charge in [0.05, 0.1) is 0 Å². The van der Waals surface area contributed by atoms with Crippen molar-refractivity contribution < 1.29 is 19.8 Å². The van der Waals surface area contributed by atoms with Gasteiger partial charge < -0.3 is 20.0 Å². The summed E-state index contributed by atoms with van der Waals surface area (Å²) in [7, 11) is 0. The van der Waals surface area contributed by atoms with Gasteiger partial charge in [-0.05, 0) is 31.4 Å². The molecule has 22 heavy (non-hydrogen) atoms. The summed E-state index contributed by atoms with van der Waals surface area (Å²) in [5.74, 6) is -0.561. The van der Waals surface area contributed by atoms with Crippen molar-refractivity contribution in [3.63, 3.8) is 0 Å². The largest absolute Gasteiger partial charge is 0.507 e. The van der Waals surface area contributed by atoms with E-state index in [0.29, 0.717) is 19.5 Å². The highest BCUT2D eigenvalue weighted by Gasteiger charge is 2.33. The van der Waals surface area contributed by atoms with Crippen LogP contribution >= 0.6 is 0 Å². The molecule has 3 rings (SSSR count). The van der Waals surface area contributed by atoms with Crippen LogP contribution in [0.5, 0.6) is 11.5 Å². The molecule has 0 radical (unpaired) electrons. The Morgan fingerprint density at radius 3 is 2.27 bits per heavy atom. The van der Waals surface area contributed by atoms with Crippen molar-refractivity contribution in [1.29, 1.82) is 0 Å². The Morgan fingerprint density at radius 2 is 1.73 bits per heavy atom. The predicted octanol–water partition coefficient (Wildman–Crippen LogP) is 1.32. The quantitative estimate of drug-likeness (QED) is 0.863. The molecular formula is C16H20N2O4. The van der Waals surface area contributed by atoms with E-state index in [4.69, 9.17) is 0 Å². The lowest BCUT2D eigenvalue weighted by Gasteiger charge is -2.36. The summed E-state index contributed by atoms with van der Waals surface area (Å²) in [6.07, 6.45) is 3.03. The first-order valence-electron chi connectivity index (χ1n) is 7.67. The Labute approximate surface area is 129 Å². The Balaban J connectivity index is 1.66. The number of nitrogens with zero attached hydrogens (tertiary/aromatic N) is 2. The van der Waals surface area contributed by atoms with Crippen LogP contribution in [0, 0.1) is 0 Å². The topological polar surface area (TPSA) is 81.1 Å². The molecule has 0 bridgehead atoms.